The minimum Gasteiger partial charge on any atom is -0.323 e. The average Bonchev–Trinajstić information content (AvgIpc) is 3.32. The molecular formula is C20H22F2N4. The molecule has 6 heteroatoms. The molecule has 26 heavy (non-hydrogen) atoms. The lowest BCUT2D eigenvalue weighted by Gasteiger charge is -2.20. The lowest BCUT2D eigenvalue weighted by molar-refractivity contribution is 0.336. The van der Waals surface area contributed by atoms with E-state index in [1.165, 1.54) is 6.07 Å². The molecule has 1 saturated carbocycles. The van der Waals surface area contributed by atoms with Crippen LogP contribution in [0.25, 0.3) is 21.9 Å². The van der Waals surface area contributed by atoms with Crippen LogP contribution in [0.15, 0.2) is 24.4 Å². The molecule has 3 aromatic rings. The number of aromatic nitrogens is 3. The molecule has 1 aliphatic carbocycles. The quantitative estimate of drug-likeness (QED) is 0.690. The Bertz CT molecular complexity index is 983. The molecule has 2 unspecified atom stereocenters. The Balaban J connectivity index is 1.78. The molecule has 136 valence electrons. The van der Waals surface area contributed by atoms with E-state index in [9.17, 15) is 8.78 Å². The summed E-state index contributed by atoms with van der Waals surface area (Å²) in [5.41, 5.74) is 2.51. The van der Waals surface area contributed by atoms with E-state index in [4.69, 9.17) is 4.98 Å². The highest BCUT2D eigenvalue weighted by molar-refractivity contribution is 6.02. The van der Waals surface area contributed by atoms with Crippen molar-refractivity contribution in [1.82, 2.24) is 19.4 Å². The molecule has 0 spiro atoms. The molecule has 3 atom stereocenters. The van der Waals surface area contributed by atoms with Crippen molar-refractivity contribution < 1.29 is 8.78 Å². The summed E-state index contributed by atoms with van der Waals surface area (Å²) < 4.78 is 30.1. The molecule has 0 N–H and O–H groups in total. The summed E-state index contributed by atoms with van der Waals surface area (Å²) in [5, 5.41) is 0.797. The van der Waals surface area contributed by atoms with Gasteiger partial charge in [-0.3, -0.25) is 4.98 Å². The highest BCUT2D eigenvalue weighted by atomic mass is 19.1. The first-order valence-electron chi connectivity index (χ1n) is 9.39. The Kier molecular flexibility index (Phi) is 3.71. The molecular weight excluding hydrogens is 334 g/mol. The Hall–Kier alpha value is -2.08. The van der Waals surface area contributed by atoms with E-state index in [2.05, 4.69) is 21.5 Å². The van der Waals surface area contributed by atoms with Crippen LogP contribution in [0.2, 0.25) is 0 Å². The maximum Gasteiger partial charge on any atom is 0.124 e. The van der Waals surface area contributed by atoms with Gasteiger partial charge < -0.3 is 9.47 Å². The molecule has 2 fully saturated rings. The van der Waals surface area contributed by atoms with Crippen LogP contribution >= 0.6 is 0 Å². The third kappa shape index (κ3) is 2.50. The number of hydrogen-bond donors (Lipinski definition) is 0. The van der Waals surface area contributed by atoms with E-state index < -0.39 is 6.17 Å². The van der Waals surface area contributed by atoms with Gasteiger partial charge >= 0.3 is 0 Å². The minimum atomic E-state index is -0.744. The monoisotopic (exact) mass is 356 g/mol. The summed E-state index contributed by atoms with van der Waals surface area (Å²) in [4.78, 5) is 11.6. The normalized spacial score (nSPS) is 27.1. The van der Waals surface area contributed by atoms with Crippen molar-refractivity contribution >= 4 is 21.9 Å². The van der Waals surface area contributed by atoms with Gasteiger partial charge in [-0.2, -0.15) is 0 Å². The van der Waals surface area contributed by atoms with E-state index in [0.717, 1.165) is 53.7 Å². The van der Waals surface area contributed by atoms with Gasteiger partial charge in [-0.25, -0.2) is 13.8 Å². The lowest BCUT2D eigenvalue weighted by atomic mass is 10.1. The van der Waals surface area contributed by atoms with E-state index in [-0.39, 0.29) is 17.8 Å². The van der Waals surface area contributed by atoms with Crippen molar-refractivity contribution in [2.24, 2.45) is 0 Å². The summed E-state index contributed by atoms with van der Waals surface area (Å²) in [6.07, 6.45) is 4.02. The first-order chi connectivity index (χ1) is 12.6. The van der Waals surface area contributed by atoms with Gasteiger partial charge in [0.05, 0.1) is 17.2 Å². The van der Waals surface area contributed by atoms with Crippen LogP contribution in [-0.2, 0) is 0 Å². The fourth-order valence-corrected chi connectivity index (χ4v) is 4.71. The molecule has 2 aliphatic rings. The highest BCUT2D eigenvalue weighted by Crippen LogP contribution is 2.40. The van der Waals surface area contributed by atoms with Crippen molar-refractivity contribution in [3.8, 4) is 0 Å². The number of likely N-dealkylation sites (tertiary alicyclic amines) is 1. The van der Waals surface area contributed by atoms with Gasteiger partial charge in [0.2, 0.25) is 0 Å². The van der Waals surface area contributed by atoms with E-state index in [0.29, 0.717) is 12.8 Å². The highest BCUT2D eigenvalue weighted by Gasteiger charge is 2.33. The van der Waals surface area contributed by atoms with Gasteiger partial charge in [-0.1, -0.05) is 0 Å². The number of fused-ring (bicyclic) bond motifs is 3. The number of pyridine rings is 1. The Morgan fingerprint density at radius 2 is 2.04 bits per heavy atom. The molecule has 2 aromatic heterocycles. The SMILES string of the molecule is CN1CC[C@@H](n2c(C3CCC(F)C3)nc3cnc4ccc(F)cc4c32)C1. The van der Waals surface area contributed by atoms with Gasteiger partial charge in [0.15, 0.2) is 0 Å². The van der Waals surface area contributed by atoms with Gasteiger partial charge in [0.25, 0.3) is 0 Å². The second kappa shape index (κ2) is 5.98. The number of hydrogen-bond acceptors (Lipinski definition) is 3. The van der Waals surface area contributed by atoms with E-state index in [1.54, 1.807) is 18.3 Å². The van der Waals surface area contributed by atoms with Gasteiger partial charge in [0, 0.05) is 23.9 Å². The maximum atomic E-state index is 14.0. The van der Waals surface area contributed by atoms with Gasteiger partial charge in [-0.15, -0.1) is 0 Å². The molecule has 4 nitrogen and oxygen atoms in total. The number of halogens is 2. The number of rotatable bonds is 2. The van der Waals surface area contributed by atoms with Crippen LogP contribution < -0.4 is 0 Å². The largest absolute Gasteiger partial charge is 0.323 e. The van der Waals surface area contributed by atoms with Crippen LogP contribution in [0.4, 0.5) is 8.78 Å². The molecule has 1 aliphatic heterocycles. The van der Waals surface area contributed by atoms with Crippen molar-refractivity contribution in [2.75, 3.05) is 20.1 Å². The summed E-state index contributed by atoms with van der Waals surface area (Å²) >= 11 is 0. The maximum absolute atomic E-state index is 14.0. The minimum absolute atomic E-state index is 0.131. The fraction of sp³-hybridized carbons (Fsp3) is 0.500. The second-order valence-corrected chi connectivity index (χ2v) is 7.81. The van der Waals surface area contributed by atoms with Crippen molar-refractivity contribution in [3.63, 3.8) is 0 Å². The first-order valence-corrected chi connectivity index (χ1v) is 9.39. The predicted molar refractivity (Wildman–Crippen MR) is 97.6 cm³/mol. The van der Waals surface area contributed by atoms with E-state index >= 15 is 0 Å². The topological polar surface area (TPSA) is 34.0 Å². The molecule has 1 saturated heterocycles. The number of nitrogens with zero attached hydrogens (tertiary/aromatic N) is 4. The molecule has 5 rings (SSSR count). The Labute approximate surface area is 150 Å². The van der Waals surface area contributed by atoms with Crippen molar-refractivity contribution in [2.45, 2.75) is 43.8 Å². The fourth-order valence-electron chi connectivity index (χ4n) is 4.71. The van der Waals surface area contributed by atoms with Crippen LogP contribution in [0, 0.1) is 5.82 Å². The second-order valence-electron chi connectivity index (χ2n) is 7.81. The third-order valence-electron chi connectivity index (χ3n) is 5.97. The lowest BCUT2D eigenvalue weighted by Crippen LogP contribution is -2.19. The van der Waals surface area contributed by atoms with Gasteiger partial charge in [-0.05, 0) is 57.5 Å². The first kappa shape index (κ1) is 16.1. The standard InChI is InChI=1S/C20H22F2N4/c1-25-7-6-15(11-25)26-19-16-9-14(22)4-5-17(16)23-10-18(19)24-20(26)12-2-3-13(21)8-12/h4-5,9-10,12-13,15H,2-3,6-8,11H2,1H3/t12?,13?,15-/m1/s1. The van der Waals surface area contributed by atoms with Crippen LogP contribution in [0.5, 0.6) is 0 Å². The number of benzene rings is 1. The summed E-state index contributed by atoms with van der Waals surface area (Å²) in [7, 11) is 2.12. The summed E-state index contributed by atoms with van der Waals surface area (Å²) in [6.45, 7) is 1.96. The zero-order chi connectivity index (χ0) is 17.8. The van der Waals surface area contributed by atoms with Gasteiger partial charge in [0.1, 0.15) is 23.3 Å². The third-order valence-corrected chi connectivity index (χ3v) is 5.97. The summed E-state index contributed by atoms with van der Waals surface area (Å²) in [5.74, 6) is 0.820. The zero-order valence-electron chi connectivity index (χ0n) is 14.8. The Morgan fingerprint density at radius 1 is 1.15 bits per heavy atom. The molecule has 0 amide bonds. The number of imidazole rings is 1. The zero-order valence-corrected chi connectivity index (χ0v) is 14.8. The van der Waals surface area contributed by atoms with Crippen LogP contribution in [0.1, 0.15) is 43.5 Å². The van der Waals surface area contributed by atoms with Crippen LogP contribution in [-0.4, -0.2) is 45.7 Å². The number of alkyl halides is 1. The Morgan fingerprint density at radius 3 is 2.77 bits per heavy atom. The smallest absolute Gasteiger partial charge is 0.124 e. The molecule has 3 heterocycles. The van der Waals surface area contributed by atoms with Crippen molar-refractivity contribution in [3.05, 3.63) is 36.0 Å². The number of likely N-dealkylation sites (N-methyl/N-ethyl adjacent to an activating group) is 1. The van der Waals surface area contributed by atoms with Crippen molar-refractivity contribution in [1.29, 1.82) is 0 Å². The van der Waals surface area contributed by atoms with Crippen LogP contribution in [0.3, 0.4) is 0 Å². The predicted octanol–water partition coefficient (Wildman–Crippen LogP) is 4.21. The average molecular weight is 356 g/mol. The van der Waals surface area contributed by atoms with E-state index in [1.807, 2.05) is 0 Å². The summed E-state index contributed by atoms with van der Waals surface area (Å²) in [6, 6.07) is 5.00. The molecule has 0 bridgehead atoms. The molecule has 0 radical (unpaired) electrons. The molecule has 1 aromatic carbocycles.